The molecule has 0 radical (unpaired) electrons. The molecule has 0 saturated heterocycles. The SMILES string of the molecule is COc1ccc(NC(=O)CN(C)[C@H](C)C(=O)NCCc2ccc(F)cc2)cc1. The smallest absolute Gasteiger partial charge is 0.238 e. The van der Waals surface area contributed by atoms with Crippen molar-refractivity contribution in [3.63, 3.8) is 0 Å². The normalized spacial score (nSPS) is 11.8. The summed E-state index contributed by atoms with van der Waals surface area (Å²) in [7, 11) is 3.30. The van der Waals surface area contributed by atoms with E-state index in [0.717, 1.165) is 5.56 Å². The number of halogens is 1. The van der Waals surface area contributed by atoms with Crippen molar-refractivity contribution in [1.82, 2.24) is 10.2 Å². The second kappa shape index (κ2) is 10.4. The number of amides is 2. The lowest BCUT2D eigenvalue weighted by molar-refractivity contribution is -0.126. The first-order valence-corrected chi connectivity index (χ1v) is 9.05. The van der Waals surface area contributed by atoms with Crippen LogP contribution in [0.3, 0.4) is 0 Å². The molecule has 0 aliphatic carbocycles. The molecule has 1 atom stereocenters. The first-order chi connectivity index (χ1) is 13.4. The van der Waals surface area contributed by atoms with Crippen LogP contribution >= 0.6 is 0 Å². The Morgan fingerprint density at radius 2 is 1.75 bits per heavy atom. The van der Waals surface area contributed by atoms with E-state index in [-0.39, 0.29) is 24.2 Å². The van der Waals surface area contributed by atoms with E-state index in [1.165, 1.54) is 12.1 Å². The van der Waals surface area contributed by atoms with Crippen LogP contribution in [0.2, 0.25) is 0 Å². The minimum Gasteiger partial charge on any atom is -0.497 e. The van der Waals surface area contributed by atoms with Gasteiger partial charge in [0.05, 0.1) is 19.7 Å². The number of hydrogen-bond donors (Lipinski definition) is 2. The van der Waals surface area contributed by atoms with Crippen molar-refractivity contribution < 1.29 is 18.7 Å². The third-order valence-corrected chi connectivity index (χ3v) is 4.43. The summed E-state index contributed by atoms with van der Waals surface area (Å²) in [5.41, 5.74) is 1.61. The van der Waals surface area contributed by atoms with E-state index in [4.69, 9.17) is 4.74 Å². The molecule has 0 heterocycles. The minimum absolute atomic E-state index is 0.0819. The zero-order valence-corrected chi connectivity index (χ0v) is 16.4. The summed E-state index contributed by atoms with van der Waals surface area (Å²) in [6.07, 6.45) is 0.612. The van der Waals surface area contributed by atoms with Gasteiger partial charge in [0.25, 0.3) is 0 Å². The van der Waals surface area contributed by atoms with Gasteiger partial charge in [0.15, 0.2) is 0 Å². The van der Waals surface area contributed by atoms with Crippen LogP contribution < -0.4 is 15.4 Å². The third kappa shape index (κ3) is 6.66. The van der Waals surface area contributed by atoms with Crippen LogP contribution in [0.1, 0.15) is 12.5 Å². The molecule has 2 aromatic rings. The molecular weight excluding hydrogens is 361 g/mol. The second-order valence-electron chi connectivity index (χ2n) is 6.54. The largest absolute Gasteiger partial charge is 0.497 e. The molecule has 28 heavy (non-hydrogen) atoms. The van der Waals surface area contributed by atoms with Gasteiger partial charge in [0, 0.05) is 12.2 Å². The Morgan fingerprint density at radius 3 is 2.36 bits per heavy atom. The molecule has 6 nitrogen and oxygen atoms in total. The van der Waals surface area contributed by atoms with Gasteiger partial charge in [-0.15, -0.1) is 0 Å². The van der Waals surface area contributed by atoms with E-state index in [2.05, 4.69) is 10.6 Å². The van der Waals surface area contributed by atoms with Gasteiger partial charge >= 0.3 is 0 Å². The molecule has 2 rings (SSSR count). The molecule has 2 amide bonds. The highest BCUT2D eigenvalue weighted by molar-refractivity contribution is 5.92. The standard InChI is InChI=1S/C21H26FN3O3/c1-15(21(27)23-13-12-16-4-6-17(22)7-5-16)25(2)14-20(26)24-18-8-10-19(28-3)11-9-18/h4-11,15H,12-14H2,1-3H3,(H,23,27)(H,24,26)/t15-/m1/s1. The molecule has 0 unspecified atom stereocenters. The van der Waals surface area contributed by atoms with Crippen molar-refractivity contribution in [2.45, 2.75) is 19.4 Å². The van der Waals surface area contributed by atoms with Crippen molar-refractivity contribution in [3.8, 4) is 5.75 Å². The third-order valence-electron chi connectivity index (χ3n) is 4.43. The minimum atomic E-state index is -0.463. The number of ether oxygens (including phenoxy) is 1. The highest BCUT2D eigenvalue weighted by atomic mass is 19.1. The number of nitrogens with one attached hydrogen (secondary N) is 2. The fourth-order valence-electron chi connectivity index (χ4n) is 2.57. The Labute approximate surface area is 164 Å². The fraction of sp³-hybridized carbons (Fsp3) is 0.333. The van der Waals surface area contributed by atoms with Gasteiger partial charge in [-0.05, 0) is 62.4 Å². The molecule has 0 bridgehead atoms. The van der Waals surface area contributed by atoms with Crippen molar-refractivity contribution in [2.24, 2.45) is 0 Å². The van der Waals surface area contributed by atoms with Crippen molar-refractivity contribution >= 4 is 17.5 Å². The maximum Gasteiger partial charge on any atom is 0.238 e. The summed E-state index contributed by atoms with van der Waals surface area (Å²) in [6.45, 7) is 2.27. The van der Waals surface area contributed by atoms with Crippen LogP contribution in [0.5, 0.6) is 5.75 Å². The number of nitrogens with zero attached hydrogens (tertiary/aromatic N) is 1. The zero-order valence-electron chi connectivity index (χ0n) is 16.4. The van der Waals surface area contributed by atoms with Gasteiger partial charge in [-0.1, -0.05) is 12.1 Å². The molecule has 7 heteroatoms. The number of likely N-dealkylation sites (N-methyl/N-ethyl adjacent to an activating group) is 1. The van der Waals surface area contributed by atoms with Crippen LogP contribution in [-0.2, 0) is 16.0 Å². The summed E-state index contributed by atoms with van der Waals surface area (Å²) in [4.78, 5) is 26.1. The van der Waals surface area contributed by atoms with Gasteiger partial charge in [-0.2, -0.15) is 0 Å². The molecular formula is C21H26FN3O3. The lowest BCUT2D eigenvalue weighted by Gasteiger charge is -2.23. The van der Waals surface area contributed by atoms with E-state index in [9.17, 15) is 14.0 Å². The monoisotopic (exact) mass is 387 g/mol. The fourth-order valence-corrected chi connectivity index (χ4v) is 2.57. The molecule has 2 aromatic carbocycles. The van der Waals surface area contributed by atoms with Crippen LogP contribution in [0.15, 0.2) is 48.5 Å². The van der Waals surface area contributed by atoms with E-state index in [1.807, 2.05) is 0 Å². The van der Waals surface area contributed by atoms with E-state index < -0.39 is 6.04 Å². The first kappa shape index (κ1) is 21.4. The van der Waals surface area contributed by atoms with Gasteiger partial charge < -0.3 is 15.4 Å². The van der Waals surface area contributed by atoms with Crippen LogP contribution in [-0.4, -0.2) is 50.0 Å². The number of benzene rings is 2. The maximum absolute atomic E-state index is 12.9. The predicted molar refractivity (Wildman–Crippen MR) is 107 cm³/mol. The molecule has 0 fully saturated rings. The number of carbonyl (C=O) groups excluding carboxylic acids is 2. The first-order valence-electron chi connectivity index (χ1n) is 9.05. The van der Waals surface area contributed by atoms with Gasteiger partial charge in [-0.3, -0.25) is 14.5 Å². The average molecular weight is 387 g/mol. The quantitative estimate of drug-likeness (QED) is 0.693. The van der Waals surface area contributed by atoms with Crippen LogP contribution in [0.4, 0.5) is 10.1 Å². The number of anilines is 1. The van der Waals surface area contributed by atoms with Gasteiger partial charge in [-0.25, -0.2) is 4.39 Å². The molecule has 2 N–H and O–H groups in total. The zero-order chi connectivity index (χ0) is 20.5. The highest BCUT2D eigenvalue weighted by Gasteiger charge is 2.19. The predicted octanol–water partition coefficient (Wildman–Crippen LogP) is 2.45. The summed E-state index contributed by atoms with van der Waals surface area (Å²) >= 11 is 0. The average Bonchev–Trinajstić information content (AvgIpc) is 2.69. The lowest BCUT2D eigenvalue weighted by atomic mass is 10.1. The molecule has 0 aromatic heterocycles. The summed E-state index contributed by atoms with van der Waals surface area (Å²) in [5.74, 6) is 0.0532. The number of hydrogen-bond acceptors (Lipinski definition) is 4. The Bertz CT molecular complexity index is 778. The molecule has 0 saturated carbocycles. The second-order valence-corrected chi connectivity index (χ2v) is 6.54. The number of rotatable bonds is 9. The van der Waals surface area contributed by atoms with Gasteiger partial charge in [0.1, 0.15) is 11.6 Å². The lowest BCUT2D eigenvalue weighted by Crippen LogP contribution is -2.46. The topological polar surface area (TPSA) is 70.7 Å². The summed E-state index contributed by atoms with van der Waals surface area (Å²) in [6, 6.07) is 12.7. The molecule has 150 valence electrons. The van der Waals surface area contributed by atoms with Crippen molar-refractivity contribution in [1.29, 1.82) is 0 Å². The van der Waals surface area contributed by atoms with Crippen molar-refractivity contribution in [2.75, 3.05) is 32.6 Å². The van der Waals surface area contributed by atoms with Gasteiger partial charge in [0.2, 0.25) is 11.8 Å². The Morgan fingerprint density at radius 1 is 1.11 bits per heavy atom. The van der Waals surface area contributed by atoms with Crippen LogP contribution in [0.25, 0.3) is 0 Å². The maximum atomic E-state index is 12.9. The Hall–Kier alpha value is -2.93. The Kier molecular flexibility index (Phi) is 7.95. The highest BCUT2D eigenvalue weighted by Crippen LogP contribution is 2.15. The Balaban J connectivity index is 1.75. The van der Waals surface area contributed by atoms with E-state index >= 15 is 0 Å². The number of carbonyl (C=O) groups is 2. The molecule has 0 aliphatic rings. The molecule has 0 aliphatic heterocycles. The molecule has 0 spiro atoms. The number of methoxy groups -OCH3 is 1. The van der Waals surface area contributed by atoms with E-state index in [1.54, 1.807) is 62.4 Å². The summed E-state index contributed by atoms with van der Waals surface area (Å²) in [5, 5.41) is 5.63. The van der Waals surface area contributed by atoms with E-state index in [0.29, 0.717) is 24.4 Å². The summed E-state index contributed by atoms with van der Waals surface area (Å²) < 4.78 is 18.0. The van der Waals surface area contributed by atoms with Crippen molar-refractivity contribution in [3.05, 3.63) is 59.9 Å². The van der Waals surface area contributed by atoms with Crippen LogP contribution in [0, 0.1) is 5.82 Å².